The summed E-state index contributed by atoms with van der Waals surface area (Å²) in [6, 6.07) is 20.4. The van der Waals surface area contributed by atoms with Gasteiger partial charge in [-0.15, -0.1) is 0 Å². The third-order valence-electron chi connectivity index (χ3n) is 6.46. The van der Waals surface area contributed by atoms with Crippen molar-refractivity contribution in [2.24, 2.45) is 0 Å². The quantitative estimate of drug-likeness (QED) is 0.818. The molecule has 2 bridgehead atoms. The topological polar surface area (TPSA) is 23.5 Å². The van der Waals surface area contributed by atoms with Crippen molar-refractivity contribution in [3.8, 4) is 0 Å². The predicted octanol–water partition coefficient (Wildman–Crippen LogP) is 5.21. The molecule has 138 valence electrons. The first kappa shape index (κ1) is 17.8. The molecule has 2 saturated heterocycles. The first-order valence-electron chi connectivity index (χ1n) is 10.2. The molecule has 0 radical (unpaired) electrons. The molecule has 2 aliphatic heterocycles. The van der Waals surface area contributed by atoms with E-state index in [1.807, 2.05) is 0 Å². The Morgan fingerprint density at radius 1 is 1.00 bits per heavy atom. The molecule has 0 spiro atoms. The highest BCUT2D eigenvalue weighted by Gasteiger charge is 2.46. The highest BCUT2D eigenvalue weighted by atomic mass is 16.3. The Kier molecular flexibility index (Phi) is 4.90. The third kappa shape index (κ3) is 3.45. The van der Waals surface area contributed by atoms with Gasteiger partial charge in [-0.2, -0.15) is 0 Å². The second-order valence-electron chi connectivity index (χ2n) is 8.62. The van der Waals surface area contributed by atoms with Crippen LogP contribution in [-0.2, 0) is 12.1 Å². The minimum absolute atomic E-state index is 0.482. The van der Waals surface area contributed by atoms with E-state index in [0.29, 0.717) is 18.0 Å². The summed E-state index contributed by atoms with van der Waals surface area (Å²) in [5, 5.41) is 11.6. The molecule has 2 aromatic rings. The second kappa shape index (κ2) is 7.17. The molecule has 1 N–H and O–H groups in total. The van der Waals surface area contributed by atoms with Gasteiger partial charge in [0.15, 0.2) is 0 Å². The smallest absolute Gasteiger partial charge is 0.0926 e. The van der Waals surface area contributed by atoms with Gasteiger partial charge in [-0.1, -0.05) is 74.9 Å². The zero-order chi connectivity index (χ0) is 18.1. The van der Waals surface area contributed by atoms with Crippen LogP contribution in [0.3, 0.4) is 0 Å². The summed E-state index contributed by atoms with van der Waals surface area (Å²) >= 11 is 0. The molecule has 0 aromatic heterocycles. The van der Waals surface area contributed by atoms with Crippen LogP contribution in [0.1, 0.15) is 68.6 Å². The molecule has 0 saturated carbocycles. The molecule has 26 heavy (non-hydrogen) atoms. The summed E-state index contributed by atoms with van der Waals surface area (Å²) in [7, 11) is 0. The number of nitrogens with zero attached hydrogens (tertiary/aromatic N) is 1. The molecule has 2 aromatic carbocycles. The molecule has 2 fully saturated rings. The van der Waals surface area contributed by atoms with Crippen LogP contribution in [0.15, 0.2) is 54.6 Å². The SMILES string of the molecule is CC(C)c1cccc(C2(O)CC3CCCC(C2)N3Cc2ccccc2)c1. The van der Waals surface area contributed by atoms with Crippen molar-refractivity contribution in [1.82, 2.24) is 4.90 Å². The zero-order valence-corrected chi connectivity index (χ0v) is 16.1. The molecule has 2 atom stereocenters. The number of aliphatic hydroxyl groups is 1. The number of piperidine rings is 2. The Bertz CT molecular complexity index is 725. The number of rotatable bonds is 4. The summed E-state index contributed by atoms with van der Waals surface area (Å²) < 4.78 is 0. The predicted molar refractivity (Wildman–Crippen MR) is 107 cm³/mol. The maximum atomic E-state index is 11.6. The van der Waals surface area contributed by atoms with Crippen molar-refractivity contribution in [2.75, 3.05) is 0 Å². The number of hydrogen-bond acceptors (Lipinski definition) is 2. The molecule has 2 unspecified atom stereocenters. The second-order valence-corrected chi connectivity index (χ2v) is 8.62. The van der Waals surface area contributed by atoms with E-state index in [2.05, 4.69) is 73.3 Å². The third-order valence-corrected chi connectivity index (χ3v) is 6.46. The first-order valence-corrected chi connectivity index (χ1v) is 10.2. The average molecular weight is 350 g/mol. The van der Waals surface area contributed by atoms with Crippen molar-refractivity contribution >= 4 is 0 Å². The highest BCUT2D eigenvalue weighted by Crippen LogP contribution is 2.45. The van der Waals surface area contributed by atoms with E-state index in [1.165, 1.54) is 30.4 Å². The van der Waals surface area contributed by atoms with Gasteiger partial charge in [0.25, 0.3) is 0 Å². The first-order chi connectivity index (χ1) is 12.5. The normalized spacial score (nSPS) is 29.1. The maximum absolute atomic E-state index is 11.6. The van der Waals surface area contributed by atoms with Crippen molar-refractivity contribution in [1.29, 1.82) is 0 Å². The molecule has 0 aliphatic carbocycles. The van der Waals surface area contributed by atoms with E-state index < -0.39 is 5.60 Å². The lowest BCUT2D eigenvalue weighted by molar-refractivity contribution is -0.0999. The molecule has 2 nitrogen and oxygen atoms in total. The fourth-order valence-electron chi connectivity index (χ4n) is 5.00. The van der Waals surface area contributed by atoms with Crippen LogP contribution in [0.2, 0.25) is 0 Å². The van der Waals surface area contributed by atoms with E-state index in [0.717, 1.165) is 24.9 Å². The highest BCUT2D eigenvalue weighted by molar-refractivity contribution is 5.31. The van der Waals surface area contributed by atoms with Crippen LogP contribution in [0.5, 0.6) is 0 Å². The van der Waals surface area contributed by atoms with Crippen LogP contribution in [-0.4, -0.2) is 22.1 Å². The minimum atomic E-state index is -0.673. The van der Waals surface area contributed by atoms with Crippen LogP contribution in [0.4, 0.5) is 0 Å². The zero-order valence-electron chi connectivity index (χ0n) is 16.1. The van der Waals surface area contributed by atoms with Gasteiger partial charge in [-0.05, 0) is 48.3 Å². The Morgan fingerprint density at radius 3 is 2.35 bits per heavy atom. The standard InChI is InChI=1S/C24H31NO/c1-18(2)20-10-6-11-21(14-20)24(26)15-22-12-7-13-23(16-24)25(22)17-19-8-4-3-5-9-19/h3-6,8-11,14,18,22-23,26H,7,12-13,15-17H2,1-2H3. The lowest BCUT2D eigenvalue weighted by Crippen LogP contribution is -2.56. The van der Waals surface area contributed by atoms with Crippen LogP contribution in [0.25, 0.3) is 0 Å². The van der Waals surface area contributed by atoms with E-state index >= 15 is 0 Å². The average Bonchev–Trinajstić information content (AvgIpc) is 2.64. The fraction of sp³-hybridized carbons (Fsp3) is 0.500. The summed E-state index contributed by atoms with van der Waals surface area (Å²) in [5.74, 6) is 0.496. The Hall–Kier alpha value is -1.64. The van der Waals surface area contributed by atoms with Gasteiger partial charge in [0.2, 0.25) is 0 Å². The van der Waals surface area contributed by atoms with Gasteiger partial charge in [0.05, 0.1) is 5.60 Å². The molecule has 2 heteroatoms. The summed E-state index contributed by atoms with van der Waals surface area (Å²) in [4.78, 5) is 2.67. The van der Waals surface area contributed by atoms with Gasteiger partial charge in [0, 0.05) is 18.6 Å². The molecular weight excluding hydrogens is 318 g/mol. The largest absolute Gasteiger partial charge is 0.385 e. The van der Waals surface area contributed by atoms with E-state index in [-0.39, 0.29) is 0 Å². The number of fused-ring (bicyclic) bond motifs is 2. The Balaban J connectivity index is 1.58. The van der Waals surface area contributed by atoms with Crippen LogP contribution >= 0.6 is 0 Å². The van der Waals surface area contributed by atoms with Gasteiger partial charge < -0.3 is 5.11 Å². The van der Waals surface area contributed by atoms with Gasteiger partial charge in [-0.25, -0.2) is 0 Å². The summed E-state index contributed by atoms with van der Waals surface area (Å²) in [5.41, 5.74) is 3.16. The van der Waals surface area contributed by atoms with Gasteiger partial charge in [-0.3, -0.25) is 4.90 Å². The number of hydrogen-bond donors (Lipinski definition) is 1. The molecule has 2 aliphatic rings. The molecule has 2 heterocycles. The van der Waals surface area contributed by atoms with E-state index in [9.17, 15) is 5.11 Å². The lowest BCUT2D eigenvalue weighted by Gasteiger charge is -2.52. The van der Waals surface area contributed by atoms with Crippen LogP contribution < -0.4 is 0 Å². The Labute approximate surface area is 157 Å². The maximum Gasteiger partial charge on any atom is 0.0926 e. The molecule has 4 rings (SSSR count). The van der Waals surface area contributed by atoms with Crippen molar-refractivity contribution in [3.05, 3.63) is 71.3 Å². The van der Waals surface area contributed by atoms with Crippen molar-refractivity contribution in [2.45, 2.75) is 76.1 Å². The Morgan fingerprint density at radius 2 is 1.69 bits per heavy atom. The lowest BCUT2D eigenvalue weighted by atomic mass is 9.72. The fourth-order valence-corrected chi connectivity index (χ4v) is 5.00. The van der Waals surface area contributed by atoms with E-state index in [4.69, 9.17) is 0 Å². The van der Waals surface area contributed by atoms with Crippen molar-refractivity contribution < 1.29 is 5.11 Å². The summed E-state index contributed by atoms with van der Waals surface area (Å²) in [6.07, 6.45) is 5.42. The van der Waals surface area contributed by atoms with Crippen LogP contribution in [0, 0.1) is 0 Å². The number of benzene rings is 2. The minimum Gasteiger partial charge on any atom is -0.385 e. The van der Waals surface area contributed by atoms with Gasteiger partial charge in [0.1, 0.15) is 0 Å². The summed E-state index contributed by atoms with van der Waals surface area (Å²) in [6.45, 7) is 5.46. The molecular formula is C24H31NO. The monoisotopic (exact) mass is 349 g/mol. The van der Waals surface area contributed by atoms with Crippen molar-refractivity contribution in [3.63, 3.8) is 0 Å². The van der Waals surface area contributed by atoms with Gasteiger partial charge >= 0.3 is 0 Å². The molecule has 0 amide bonds. The van der Waals surface area contributed by atoms with E-state index in [1.54, 1.807) is 0 Å².